The number of amides is 1. The summed E-state index contributed by atoms with van der Waals surface area (Å²) in [5, 5.41) is 2.88. The van der Waals surface area contributed by atoms with Gasteiger partial charge in [-0.3, -0.25) is 4.79 Å². The summed E-state index contributed by atoms with van der Waals surface area (Å²) in [7, 11) is 0. The Hall–Kier alpha value is -1.57. The summed E-state index contributed by atoms with van der Waals surface area (Å²) in [6.45, 7) is 6.31. The maximum absolute atomic E-state index is 11.2. The van der Waals surface area contributed by atoms with Crippen LogP contribution >= 0.6 is 0 Å². The van der Waals surface area contributed by atoms with Crippen molar-refractivity contribution >= 4 is 12.0 Å². The predicted octanol–water partition coefficient (Wildman–Crippen LogP) is 2.75. The van der Waals surface area contributed by atoms with Crippen LogP contribution in [0.5, 0.6) is 0 Å². The van der Waals surface area contributed by atoms with Crippen molar-refractivity contribution < 1.29 is 4.79 Å². The minimum atomic E-state index is 0.113. The van der Waals surface area contributed by atoms with E-state index in [1.807, 2.05) is 31.2 Å². The molecule has 15 heavy (non-hydrogen) atoms. The first-order chi connectivity index (χ1) is 7.26. The summed E-state index contributed by atoms with van der Waals surface area (Å²) in [6.07, 6.45) is 3.29. The molecule has 1 aromatic carbocycles. The number of hydrogen-bond donors (Lipinski definition) is 1. The zero-order chi connectivity index (χ0) is 11.1. The van der Waals surface area contributed by atoms with Gasteiger partial charge in [0.1, 0.15) is 0 Å². The number of hydrogen-bond acceptors (Lipinski definition) is 1. The average molecular weight is 203 g/mol. The number of carbonyl (C=O) groups excluding carboxylic acids is 1. The molecule has 1 rings (SSSR count). The van der Waals surface area contributed by atoms with Gasteiger partial charge >= 0.3 is 0 Å². The van der Waals surface area contributed by atoms with Crippen molar-refractivity contribution in [3.63, 3.8) is 0 Å². The van der Waals surface area contributed by atoms with Crippen molar-refractivity contribution in [2.24, 2.45) is 0 Å². The molecule has 0 unspecified atom stereocenters. The fraction of sp³-hybridized carbons (Fsp3) is 0.308. The molecule has 0 heterocycles. The summed E-state index contributed by atoms with van der Waals surface area (Å²) in [4.78, 5) is 11.2. The predicted molar refractivity (Wildman–Crippen MR) is 63.3 cm³/mol. The maximum atomic E-state index is 11.2. The second-order valence-electron chi connectivity index (χ2n) is 3.48. The van der Waals surface area contributed by atoms with Gasteiger partial charge in [-0.25, -0.2) is 0 Å². The maximum Gasteiger partial charge on any atom is 0.220 e. The molecule has 0 aromatic heterocycles. The first kappa shape index (κ1) is 11.5. The molecule has 0 aliphatic rings. The lowest BCUT2D eigenvalue weighted by molar-refractivity contribution is -0.121. The molecule has 1 N–H and O–H groups in total. The lowest BCUT2D eigenvalue weighted by Gasteiger charge is -2.05. The molecule has 1 amide bonds. The minimum Gasteiger partial charge on any atom is -0.352 e. The first-order valence-corrected chi connectivity index (χ1v) is 5.24. The highest BCUT2D eigenvalue weighted by atomic mass is 16.1. The Balaban J connectivity index is 2.50. The van der Waals surface area contributed by atoms with Gasteiger partial charge in [-0.1, -0.05) is 37.8 Å². The number of benzene rings is 1. The third-order valence-electron chi connectivity index (χ3n) is 2.15. The highest BCUT2D eigenvalue weighted by Crippen LogP contribution is 2.06. The zero-order valence-electron chi connectivity index (χ0n) is 9.12. The summed E-state index contributed by atoms with van der Waals surface area (Å²) in [5.41, 5.74) is 2.19. The molecule has 2 nitrogen and oxygen atoms in total. The average Bonchev–Trinajstić information content (AvgIpc) is 2.27. The van der Waals surface area contributed by atoms with Crippen LogP contribution < -0.4 is 5.32 Å². The fourth-order valence-electron chi connectivity index (χ4n) is 1.35. The van der Waals surface area contributed by atoms with Crippen molar-refractivity contribution in [3.05, 3.63) is 42.0 Å². The van der Waals surface area contributed by atoms with E-state index in [4.69, 9.17) is 0 Å². The van der Waals surface area contributed by atoms with Gasteiger partial charge in [0.25, 0.3) is 0 Å². The van der Waals surface area contributed by atoms with Crippen LogP contribution in [0.4, 0.5) is 0 Å². The second kappa shape index (κ2) is 6.02. The Labute approximate surface area is 91.0 Å². The Morgan fingerprint density at radius 1 is 1.53 bits per heavy atom. The SMILES string of the molecule is C=Cc1cccc(CNC(=O)CCC)c1. The number of rotatable bonds is 5. The Morgan fingerprint density at radius 3 is 3.00 bits per heavy atom. The molecule has 0 aliphatic carbocycles. The minimum absolute atomic E-state index is 0.113. The van der Waals surface area contributed by atoms with Crippen LogP contribution in [-0.4, -0.2) is 5.91 Å². The first-order valence-electron chi connectivity index (χ1n) is 5.24. The molecule has 0 saturated heterocycles. The smallest absolute Gasteiger partial charge is 0.220 e. The van der Waals surface area contributed by atoms with Crippen LogP contribution in [0.15, 0.2) is 30.8 Å². The van der Waals surface area contributed by atoms with Crippen LogP contribution in [-0.2, 0) is 11.3 Å². The highest BCUT2D eigenvalue weighted by Gasteiger charge is 1.99. The Morgan fingerprint density at radius 2 is 2.33 bits per heavy atom. The summed E-state index contributed by atoms with van der Waals surface area (Å²) < 4.78 is 0. The van der Waals surface area contributed by atoms with Gasteiger partial charge < -0.3 is 5.32 Å². The summed E-state index contributed by atoms with van der Waals surface area (Å²) in [5.74, 6) is 0.113. The standard InChI is InChI=1S/C13H17NO/c1-3-6-13(15)14-10-12-8-5-7-11(4-2)9-12/h4-5,7-9H,2-3,6,10H2,1H3,(H,14,15). The van der Waals surface area contributed by atoms with Crippen LogP contribution in [0, 0.1) is 0 Å². The topological polar surface area (TPSA) is 29.1 Å². The third kappa shape index (κ3) is 3.98. The van der Waals surface area contributed by atoms with E-state index >= 15 is 0 Å². The second-order valence-corrected chi connectivity index (χ2v) is 3.48. The van der Waals surface area contributed by atoms with E-state index in [9.17, 15) is 4.79 Å². The molecule has 0 fully saturated rings. The van der Waals surface area contributed by atoms with E-state index in [1.54, 1.807) is 6.08 Å². The van der Waals surface area contributed by atoms with Gasteiger partial charge in [-0.2, -0.15) is 0 Å². The van der Waals surface area contributed by atoms with Crippen molar-refractivity contribution in [2.45, 2.75) is 26.3 Å². The lowest BCUT2D eigenvalue weighted by Crippen LogP contribution is -2.22. The largest absolute Gasteiger partial charge is 0.352 e. The quantitative estimate of drug-likeness (QED) is 0.783. The normalized spacial score (nSPS) is 9.67. The fourth-order valence-corrected chi connectivity index (χ4v) is 1.35. The van der Waals surface area contributed by atoms with E-state index in [2.05, 4.69) is 11.9 Å². The molecule has 0 saturated carbocycles. The molecule has 80 valence electrons. The van der Waals surface area contributed by atoms with Gasteiger partial charge in [0.2, 0.25) is 5.91 Å². The monoisotopic (exact) mass is 203 g/mol. The van der Waals surface area contributed by atoms with Crippen LogP contribution in [0.2, 0.25) is 0 Å². The number of nitrogens with one attached hydrogen (secondary N) is 1. The Kier molecular flexibility index (Phi) is 4.61. The molecule has 0 spiro atoms. The van der Waals surface area contributed by atoms with E-state index in [0.717, 1.165) is 17.5 Å². The molecule has 0 bridgehead atoms. The van der Waals surface area contributed by atoms with Gasteiger partial charge in [0.05, 0.1) is 0 Å². The van der Waals surface area contributed by atoms with Gasteiger partial charge in [-0.05, 0) is 23.6 Å². The van der Waals surface area contributed by atoms with E-state index in [0.29, 0.717) is 13.0 Å². The van der Waals surface area contributed by atoms with Crippen LogP contribution in [0.3, 0.4) is 0 Å². The molecule has 0 aliphatic heterocycles. The molecular weight excluding hydrogens is 186 g/mol. The molecule has 2 heteroatoms. The van der Waals surface area contributed by atoms with E-state index in [-0.39, 0.29) is 5.91 Å². The van der Waals surface area contributed by atoms with Crippen molar-refractivity contribution in [2.75, 3.05) is 0 Å². The van der Waals surface area contributed by atoms with Crippen LogP contribution in [0.1, 0.15) is 30.9 Å². The molecule has 1 aromatic rings. The van der Waals surface area contributed by atoms with E-state index < -0.39 is 0 Å². The molecule has 0 radical (unpaired) electrons. The summed E-state index contributed by atoms with van der Waals surface area (Å²) in [6, 6.07) is 7.99. The summed E-state index contributed by atoms with van der Waals surface area (Å²) >= 11 is 0. The van der Waals surface area contributed by atoms with Crippen LogP contribution in [0.25, 0.3) is 6.08 Å². The van der Waals surface area contributed by atoms with Crippen molar-refractivity contribution in [3.8, 4) is 0 Å². The van der Waals surface area contributed by atoms with E-state index in [1.165, 1.54) is 0 Å². The number of carbonyl (C=O) groups is 1. The molecule has 0 atom stereocenters. The highest BCUT2D eigenvalue weighted by molar-refractivity contribution is 5.75. The van der Waals surface area contributed by atoms with Crippen molar-refractivity contribution in [1.82, 2.24) is 5.32 Å². The van der Waals surface area contributed by atoms with Crippen molar-refractivity contribution in [1.29, 1.82) is 0 Å². The third-order valence-corrected chi connectivity index (χ3v) is 2.15. The Bertz CT molecular complexity index is 344. The van der Waals surface area contributed by atoms with Gasteiger partial charge in [0, 0.05) is 13.0 Å². The zero-order valence-corrected chi connectivity index (χ0v) is 9.12. The van der Waals surface area contributed by atoms with Gasteiger partial charge in [-0.15, -0.1) is 0 Å². The molecular formula is C13H17NO. The lowest BCUT2D eigenvalue weighted by atomic mass is 10.1. The van der Waals surface area contributed by atoms with Gasteiger partial charge in [0.15, 0.2) is 0 Å².